The molecule has 1 fully saturated rings. The van der Waals surface area contributed by atoms with Gasteiger partial charge in [0, 0.05) is 17.8 Å². The highest BCUT2D eigenvalue weighted by molar-refractivity contribution is 6.20. The normalized spacial score (nSPS) is 17.4. The fourth-order valence-electron chi connectivity index (χ4n) is 2.46. The lowest BCUT2D eigenvalue weighted by atomic mass is 10.0. The van der Waals surface area contributed by atoms with Gasteiger partial charge >= 0.3 is 0 Å². The summed E-state index contributed by atoms with van der Waals surface area (Å²) in [5.74, 6) is 0.869. The molecule has 0 amide bonds. The van der Waals surface area contributed by atoms with Gasteiger partial charge in [-0.1, -0.05) is 20.8 Å². The summed E-state index contributed by atoms with van der Waals surface area (Å²) in [5.41, 5.74) is 3.90. The van der Waals surface area contributed by atoms with Crippen LogP contribution in [0.5, 0.6) is 0 Å². The molecule has 0 bridgehead atoms. The zero-order valence-electron chi connectivity index (χ0n) is 11.2. The lowest BCUT2D eigenvalue weighted by molar-refractivity contribution is 0.536. The van der Waals surface area contributed by atoms with Gasteiger partial charge in [0.05, 0.1) is 11.1 Å². The smallest absolute Gasteiger partial charge is 0.0671 e. The zero-order valence-corrected chi connectivity index (χ0v) is 11.9. The van der Waals surface area contributed by atoms with Crippen LogP contribution < -0.4 is 0 Å². The lowest BCUT2D eigenvalue weighted by Crippen LogP contribution is -2.07. The Morgan fingerprint density at radius 1 is 1.29 bits per heavy atom. The summed E-state index contributed by atoms with van der Waals surface area (Å²) in [7, 11) is 0. The molecule has 2 nitrogen and oxygen atoms in total. The molecule has 0 aliphatic heterocycles. The number of hydrogen-bond donors (Lipinski definition) is 0. The molecule has 2 rings (SSSR count). The molecule has 1 unspecified atom stereocenters. The molecule has 0 spiro atoms. The van der Waals surface area contributed by atoms with Crippen LogP contribution in [0.25, 0.3) is 0 Å². The lowest BCUT2D eigenvalue weighted by Gasteiger charge is -2.10. The second kappa shape index (κ2) is 5.43. The van der Waals surface area contributed by atoms with Crippen molar-refractivity contribution in [1.82, 2.24) is 9.78 Å². The molecule has 0 saturated heterocycles. The van der Waals surface area contributed by atoms with Crippen LogP contribution in [0, 0.1) is 5.92 Å². The number of rotatable bonds is 6. The van der Waals surface area contributed by atoms with Crippen LogP contribution in [-0.2, 0) is 19.4 Å². The maximum Gasteiger partial charge on any atom is 0.0671 e. The Hall–Kier alpha value is -0.500. The van der Waals surface area contributed by atoms with Gasteiger partial charge in [-0.15, -0.1) is 11.6 Å². The monoisotopic (exact) mass is 254 g/mol. The fraction of sp³-hybridized carbons (Fsp3) is 0.786. The van der Waals surface area contributed by atoms with Crippen molar-refractivity contribution < 1.29 is 0 Å². The summed E-state index contributed by atoms with van der Waals surface area (Å²) in [6.07, 6.45) is 5.76. The number of nitrogens with zero attached hydrogens (tertiary/aromatic N) is 2. The fourth-order valence-corrected chi connectivity index (χ4v) is 2.71. The molecule has 1 aromatic rings. The summed E-state index contributed by atoms with van der Waals surface area (Å²) in [4.78, 5) is 0. The van der Waals surface area contributed by atoms with Gasteiger partial charge < -0.3 is 0 Å². The summed E-state index contributed by atoms with van der Waals surface area (Å²) < 4.78 is 2.23. The Labute approximate surface area is 109 Å². The van der Waals surface area contributed by atoms with E-state index in [0.717, 1.165) is 31.7 Å². The summed E-state index contributed by atoms with van der Waals surface area (Å²) >= 11 is 6.47. The van der Waals surface area contributed by atoms with E-state index in [-0.39, 0.29) is 5.38 Å². The predicted molar refractivity (Wildman–Crippen MR) is 72.6 cm³/mol. The van der Waals surface area contributed by atoms with Gasteiger partial charge in [0.1, 0.15) is 0 Å². The first kappa shape index (κ1) is 12.9. The van der Waals surface area contributed by atoms with Gasteiger partial charge in [0.25, 0.3) is 0 Å². The molecule has 0 radical (unpaired) electrons. The van der Waals surface area contributed by atoms with E-state index < -0.39 is 0 Å². The molecule has 1 heterocycles. The van der Waals surface area contributed by atoms with Crippen molar-refractivity contribution in [3.8, 4) is 0 Å². The highest BCUT2D eigenvalue weighted by Crippen LogP contribution is 2.34. The highest BCUT2D eigenvalue weighted by Gasteiger charge is 2.26. The Kier molecular flexibility index (Phi) is 4.13. The molecule has 0 aromatic carbocycles. The second-order valence-electron chi connectivity index (χ2n) is 5.02. The molecule has 3 heteroatoms. The predicted octanol–water partition coefficient (Wildman–Crippen LogP) is 4.11. The highest BCUT2D eigenvalue weighted by atomic mass is 35.5. The number of aromatic nitrogens is 2. The van der Waals surface area contributed by atoms with E-state index in [4.69, 9.17) is 16.7 Å². The van der Waals surface area contributed by atoms with E-state index in [1.807, 2.05) is 0 Å². The van der Waals surface area contributed by atoms with E-state index in [1.54, 1.807) is 0 Å². The minimum Gasteiger partial charge on any atom is -0.269 e. The number of alkyl halides is 1. The van der Waals surface area contributed by atoms with Crippen LogP contribution in [-0.4, -0.2) is 9.78 Å². The Balaban J connectivity index is 2.34. The van der Waals surface area contributed by atoms with Gasteiger partial charge in [0.2, 0.25) is 0 Å². The van der Waals surface area contributed by atoms with Gasteiger partial charge in [0.15, 0.2) is 0 Å². The Morgan fingerprint density at radius 3 is 2.47 bits per heavy atom. The Bertz CT molecular complexity index is 380. The van der Waals surface area contributed by atoms with Crippen molar-refractivity contribution in [3.05, 3.63) is 17.0 Å². The standard InChI is InChI=1S/C14H23ClN2/c1-4-11(15)14-12(5-2)16-17(13(14)6-3)9-10-7-8-10/h10-11H,4-9H2,1-3H3. The Morgan fingerprint density at radius 2 is 2.00 bits per heavy atom. The van der Waals surface area contributed by atoms with Gasteiger partial charge in [-0.25, -0.2) is 0 Å². The van der Waals surface area contributed by atoms with Crippen LogP contribution in [0.1, 0.15) is 62.4 Å². The van der Waals surface area contributed by atoms with E-state index >= 15 is 0 Å². The minimum atomic E-state index is 0.132. The molecular formula is C14H23ClN2. The van der Waals surface area contributed by atoms with Crippen LogP contribution in [0.3, 0.4) is 0 Å². The molecule has 1 aliphatic carbocycles. The van der Waals surface area contributed by atoms with Crippen molar-refractivity contribution in [2.24, 2.45) is 5.92 Å². The average Bonchev–Trinajstić information content (AvgIpc) is 3.08. The van der Waals surface area contributed by atoms with Crippen LogP contribution >= 0.6 is 11.6 Å². The largest absolute Gasteiger partial charge is 0.269 e. The van der Waals surface area contributed by atoms with Crippen molar-refractivity contribution in [3.63, 3.8) is 0 Å². The topological polar surface area (TPSA) is 17.8 Å². The van der Waals surface area contributed by atoms with Crippen molar-refractivity contribution in [1.29, 1.82) is 0 Å². The van der Waals surface area contributed by atoms with Crippen LogP contribution in [0.15, 0.2) is 0 Å². The van der Waals surface area contributed by atoms with Gasteiger partial charge in [-0.2, -0.15) is 5.10 Å². The quantitative estimate of drug-likeness (QED) is 0.699. The molecule has 1 aromatic heterocycles. The first-order valence-electron chi connectivity index (χ1n) is 6.93. The zero-order chi connectivity index (χ0) is 12.4. The number of aryl methyl sites for hydroxylation is 1. The molecule has 1 aliphatic rings. The van der Waals surface area contributed by atoms with E-state index in [9.17, 15) is 0 Å². The summed E-state index contributed by atoms with van der Waals surface area (Å²) in [6.45, 7) is 7.63. The van der Waals surface area contributed by atoms with Crippen molar-refractivity contribution in [2.45, 2.75) is 64.8 Å². The third-order valence-electron chi connectivity index (χ3n) is 3.64. The van der Waals surface area contributed by atoms with Gasteiger partial charge in [-0.05, 0) is 38.0 Å². The SMILES string of the molecule is CCc1nn(CC2CC2)c(CC)c1C(Cl)CC. The molecular weight excluding hydrogens is 232 g/mol. The van der Waals surface area contributed by atoms with E-state index in [2.05, 4.69) is 25.5 Å². The van der Waals surface area contributed by atoms with E-state index in [0.29, 0.717) is 0 Å². The molecule has 1 atom stereocenters. The molecule has 1 saturated carbocycles. The average molecular weight is 255 g/mol. The van der Waals surface area contributed by atoms with E-state index in [1.165, 1.54) is 29.8 Å². The van der Waals surface area contributed by atoms with Crippen LogP contribution in [0.4, 0.5) is 0 Å². The molecule has 0 N–H and O–H groups in total. The summed E-state index contributed by atoms with van der Waals surface area (Å²) in [5, 5.41) is 4.91. The maximum atomic E-state index is 6.47. The third kappa shape index (κ3) is 2.67. The molecule has 17 heavy (non-hydrogen) atoms. The number of halogens is 1. The van der Waals surface area contributed by atoms with Crippen LogP contribution in [0.2, 0.25) is 0 Å². The van der Waals surface area contributed by atoms with Crippen molar-refractivity contribution in [2.75, 3.05) is 0 Å². The number of hydrogen-bond acceptors (Lipinski definition) is 1. The minimum absolute atomic E-state index is 0.132. The third-order valence-corrected chi connectivity index (χ3v) is 4.17. The second-order valence-corrected chi connectivity index (χ2v) is 5.54. The van der Waals surface area contributed by atoms with Crippen molar-refractivity contribution >= 4 is 11.6 Å². The maximum absolute atomic E-state index is 6.47. The first-order valence-corrected chi connectivity index (χ1v) is 7.37. The first-order chi connectivity index (χ1) is 8.21. The summed E-state index contributed by atoms with van der Waals surface area (Å²) in [6, 6.07) is 0. The van der Waals surface area contributed by atoms with Gasteiger partial charge in [-0.3, -0.25) is 4.68 Å². The molecule has 96 valence electrons.